The molecule has 4 heteroatoms. The highest BCUT2D eigenvalue weighted by Crippen LogP contribution is 2.22. The van der Waals surface area contributed by atoms with Gasteiger partial charge in [-0.1, -0.05) is 57.4 Å². The minimum absolute atomic E-state index is 0.705. The maximum absolute atomic E-state index is 6.21. The second kappa shape index (κ2) is 8.08. The summed E-state index contributed by atoms with van der Waals surface area (Å²) in [5, 5.41) is 4.61. The van der Waals surface area contributed by atoms with Gasteiger partial charge in [0.15, 0.2) is 0 Å². The maximum Gasteiger partial charge on any atom is 0.145 e. The van der Waals surface area contributed by atoms with E-state index in [1.807, 2.05) is 18.2 Å². The van der Waals surface area contributed by atoms with Crippen molar-refractivity contribution in [2.75, 3.05) is 18.5 Å². The number of anilines is 1. The largest absolute Gasteiger partial charge is 0.375 e. The van der Waals surface area contributed by atoms with E-state index in [2.05, 4.69) is 54.6 Å². The van der Waals surface area contributed by atoms with E-state index in [-0.39, 0.29) is 0 Å². The Kier molecular flexibility index (Phi) is 5.51. The van der Waals surface area contributed by atoms with Crippen molar-refractivity contribution in [3.05, 3.63) is 52.0 Å². The lowest BCUT2D eigenvalue weighted by atomic mass is 10.1. The van der Waals surface area contributed by atoms with Crippen molar-refractivity contribution in [2.45, 2.75) is 39.0 Å². The van der Waals surface area contributed by atoms with E-state index < -0.39 is 0 Å². The summed E-state index contributed by atoms with van der Waals surface area (Å²) in [5.74, 6) is 0. The van der Waals surface area contributed by atoms with E-state index in [1.165, 1.54) is 37.8 Å². The normalized spacial score (nSPS) is 11.7. The number of halogens is 1. The summed E-state index contributed by atoms with van der Waals surface area (Å²) < 4.78 is 2.09. The van der Waals surface area contributed by atoms with Crippen LogP contribution in [0.1, 0.15) is 39.0 Å². The molecule has 0 radical (unpaired) electrons. The predicted octanol–water partition coefficient (Wildman–Crippen LogP) is 5.52. The monoisotopic (exact) mass is 405 g/mol. The average Bonchev–Trinajstić information content (AvgIpc) is 2.99. The Morgan fingerprint density at radius 2 is 1.79 bits per heavy atom. The van der Waals surface area contributed by atoms with Gasteiger partial charge in [-0.05, 0) is 42.8 Å². The zero-order valence-corrected chi connectivity index (χ0v) is 18.1. The van der Waals surface area contributed by atoms with Crippen LogP contribution in [0.4, 0.5) is 5.69 Å². The minimum atomic E-state index is 0.705. The number of rotatable bonds is 7. The Labute approximate surface area is 176 Å². The molecule has 3 nitrogen and oxygen atoms in total. The van der Waals surface area contributed by atoms with Gasteiger partial charge in [-0.25, -0.2) is 4.98 Å². The Morgan fingerprint density at radius 1 is 1.00 bits per heavy atom. The fraction of sp³-hybridized carbons (Fsp3) is 0.320. The van der Waals surface area contributed by atoms with Gasteiger partial charge in [0.05, 0.1) is 11.0 Å². The van der Waals surface area contributed by atoms with Crippen LogP contribution in [-0.2, 0) is 0 Å². The van der Waals surface area contributed by atoms with Crippen LogP contribution in [0, 0.1) is 0 Å². The van der Waals surface area contributed by atoms with E-state index in [0.717, 1.165) is 44.6 Å². The zero-order chi connectivity index (χ0) is 20.5. The topological polar surface area (TPSA) is 20.5 Å². The Hall–Kier alpha value is -2.52. The number of unbranched alkanes of at least 4 members (excludes halogenated alkanes) is 4. The second-order valence-electron chi connectivity index (χ2n) is 7.89. The van der Waals surface area contributed by atoms with Crippen LogP contribution in [-0.4, -0.2) is 23.0 Å². The van der Waals surface area contributed by atoms with Crippen molar-refractivity contribution >= 4 is 57.9 Å². The molecule has 2 aromatic heterocycles. The number of nitrogens with zero attached hydrogens (tertiary/aromatic N) is 3. The van der Waals surface area contributed by atoms with Gasteiger partial charge < -0.3 is 4.90 Å². The predicted molar refractivity (Wildman–Crippen MR) is 128 cm³/mol. The maximum atomic E-state index is 6.21. The molecule has 4 rings (SSSR count). The van der Waals surface area contributed by atoms with Crippen LogP contribution >= 0.6 is 11.6 Å². The molecule has 150 valence electrons. The molecule has 0 aliphatic carbocycles. The van der Waals surface area contributed by atoms with Crippen LogP contribution < -0.4 is 15.5 Å². The first-order valence-electron chi connectivity index (χ1n) is 10.4. The highest BCUT2D eigenvalue weighted by molar-refractivity contribution is 6.31. The highest BCUT2D eigenvalue weighted by atomic mass is 35.5. The Bertz CT molecular complexity index is 1290. The lowest BCUT2D eigenvalue weighted by Gasteiger charge is -2.19. The van der Waals surface area contributed by atoms with Crippen molar-refractivity contribution in [1.29, 1.82) is 0 Å². The Morgan fingerprint density at radius 3 is 2.59 bits per heavy atom. The van der Waals surface area contributed by atoms with E-state index in [0.29, 0.717) is 5.02 Å². The molecule has 2 aromatic carbocycles. The number of hydrogen-bond donors (Lipinski definition) is 0. The summed E-state index contributed by atoms with van der Waals surface area (Å²) >= 11 is 6.21. The number of benzene rings is 2. The zero-order valence-electron chi connectivity index (χ0n) is 17.3. The summed E-state index contributed by atoms with van der Waals surface area (Å²) in [4.78, 5) is 7.28. The number of aromatic nitrogens is 2. The molecular formula is C25H28ClN3. The Balaban J connectivity index is 1.75. The first-order chi connectivity index (χ1) is 14.0. The number of fused-ring (bicyclic) bond motifs is 4. The number of hydrogen-bond acceptors (Lipinski definition) is 2. The van der Waals surface area contributed by atoms with Gasteiger partial charge in [-0.15, -0.1) is 0 Å². The lowest BCUT2D eigenvalue weighted by Crippen LogP contribution is -2.19. The van der Waals surface area contributed by atoms with E-state index >= 15 is 0 Å². The van der Waals surface area contributed by atoms with Crippen LogP contribution in [0.25, 0.3) is 40.6 Å². The van der Waals surface area contributed by atoms with Gasteiger partial charge in [0.25, 0.3) is 0 Å². The SMILES string of the molecule is C=c1c2cc(Cl)ccc2n2c(=C)c3ccc(N(C)CCCCCCC)cc3nc12. The fourth-order valence-corrected chi connectivity index (χ4v) is 4.29. The molecule has 4 aromatic rings. The summed E-state index contributed by atoms with van der Waals surface area (Å²) in [7, 11) is 2.16. The van der Waals surface area contributed by atoms with Crippen LogP contribution in [0.15, 0.2) is 36.4 Å². The molecular weight excluding hydrogens is 378 g/mol. The molecule has 0 fully saturated rings. The first-order valence-corrected chi connectivity index (χ1v) is 10.8. The minimum Gasteiger partial charge on any atom is -0.375 e. The first kappa shape index (κ1) is 19.8. The van der Waals surface area contributed by atoms with Crippen LogP contribution in [0.2, 0.25) is 5.02 Å². The molecule has 0 unspecified atom stereocenters. The lowest BCUT2D eigenvalue weighted by molar-refractivity contribution is 0.629. The van der Waals surface area contributed by atoms with Crippen LogP contribution in [0.5, 0.6) is 0 Å². The molecule has 0 aliphatic rings. The van der Waals surface area contributed by atoms with Gasteiger partial charge in [-0.3, -0.25) is 4.40 Å². The van der Waals surface area contributed by atoms with Gasteiger partial charge in [0.1, 0.15) is 5.65 Å². The summed E-state index contributed by atoms with van der Waals surface area (Å²) in [6.07, 6.45) is 6.44. The molecule has 0 atom stereocenters. The molecule has 0 aliphatic heterocycles. The highest BCUT2D eigenvalue weighted by Gasteiger charge is 2.11. The molecule has 2 heterocycles. The third-order valence-electron chi connectivity index (χ3n) is 5.83. The van der Waals surface area contributed by atoms with Crippen molar-refractivity contribution < 1.29 is 0 Å². The smallest absolute Gasteiger partial charge is 0.145 e. The molecule has 0 amide bonds. The van der Waals surface area contributed by atoms with Crippen molar-refractivity contribution in [1.82, 2.24) is 9.38 Å². The van der Waals surface area contributed by atoms with Crippen molar-refractivity contribution in [2.24, 2.45) is 0 Å². The fourth-order valence-electron chi connectivity index (χ4n) is 4.12. The van der Waals surface area contributed by atoms with Gasteiger partial charge in [0, 0.05) is 45.6 Å². The molecule has 0 bridgehead atoms. The average molecular weight is 406 g/mol. The quantitative estimate of drug-likeness (QED) is 0.377. The van der Waals surface area contributed by atoms with Crippen LogP contribution in [0.3, 0.4) is 0 Å². The molecule has 0 saturated carbocycles. The second-order valence-corrected chi connectivity index (χ2v) is 8.33. The van der Waals surface area contributed by atoms with Crippen molar-refractivity contribution in [3.63, 3.8) is 0 Å². The van der Waals surface area contributed by atoms with Crippen molar-refractivity contribution in [3.8, 4) is 0 Å². The molecule has 29 heavy (non-hydrogen) atoms. The standard InChI is InChI=1S/C25H28ClN3/c1-5-6-7-8-9-14-28(4)20-11-12-21-18(3)29-24-13-10-19(26)15-22(24)17(2)25(29)27-23(21)16-20/h10-13,15-16H,2-3,5-9,14H2,1,4H3. The third kappa shape index (κ3) is 3.60. The van der Waals surface area contributed by atoms with Gasteiger partial charge in [-0.2, -0.15) is 0 Å². The molecule has 0 spiro atoms. The summed E-state index contributed by atoms with van der Waals surface area (Å²) in [6.45, 7) is 11.9. The molecule has 0 N–H and O–H groups in total. The van der Waals surface area contributed by atoms with E-state index in [4.69, 9.17) is 16.6 Å². The third-order valence-corrected chi connectivity index (χ3v) is 6.07. The summed E-state index contributed by atoms with van der Waals surface area (Å²) in [6, 6.07) is 12.3. The van der Waals surface area contributed by atoms with Gasteiger partial charge >= 0.3 is 0 Å². The van der Waals surface area contributed by atoms with E-state index in [1.54, 1.807) is 0 Å². The van der Waals surface area contributed by atoms with Gasteiger partial charge in [0.2, 0.25) is 0 Å². The summed E-state index contributed by atoms with van der Waals surface area (Å²) in [5.41, 5.74) is 4.03. The van der Waals surface area contributed by atoms with E-state index in [9.17, 15) is 0 Å². The molecule has 0 saturated heterocycles.